The zero-order valence-electron chi connectivity index (χ0n) is 12.3. The van der Waals surface area contributed by atoms with Crippen LogP contribution in [0.25, 0.3) is 11.3 Å². The van der Waals surface area contributed by atoms with E-state index < -0.39 is 0 Å². The molecule has 2 aromatic rings. The Kier molecular flexibility index (Phi) is 5.79. The van der Waals surface area contributed by atoms with Gasteiger partial charge in [-0.1, -0.05) is 35.5 Å². The van der Waals surface area contributed by atoms with Crippen LogP contribution in [0.1, 0.15) is 18.5 Å². The van der Waals surface area contributed by atoms with Gasteiger partial charge in [0.25, 0.3) is 0 Å². The Labute approximate surface area is 131 Å². The number of hydrogen-bond acceptors (Lipinski definition) is 4. The zero-order valence-corrected chi connectivity index (χ0v) is 13.1. The number of nitrogens with one attached hydrogen (secondary N) is 1. The first-order valence-corrected chi connectivity index (χ1v) is 7.26. The van der Waals surface area contributed by atoms with E-state index in [1.807, 2.05) is 37.4 Å². The van der Waals surface area contributed by atoms with E-state index in [2.05, 4.69) is 21.4 Å². The van der Waals surface area contributed by atoms with E-state index in [1.54, 1.807) is 0 Å². The number of aromatic nitrogens is 1. The number of benzene rings is 1. The Balaban J connectivity index is 0.00000161. The largest absolute Gasteiger partial charge is 0.356 e. The van der Waals surface area contributed by atoms with Crippen LogP contribution in [0.5, 0.6) is 0 Å². The summed E-state index contributed by atoms with van der Waals surface area (Å²) in [5, 5.41) is 7.48. The summed E-state index contributed by atoms with van der Waals surface area (Å²) in [5.41, 5.74) is 2.10. The van der Waals surface area contributed by atoms with Crippen LogP contribution in [0.15, 0.2) is 40.9 Å². The number of likely N-dealkylation sites (N-methyl/N-ethyl adjacent to an activating group) is 1. The average Bonchev–Trinajstić information content (AvgIpc) is 3.11. The molecule has 0 amide bonds. The van der Waals surface area contributed by atoms with Crippen molar-refractivity contribution in [3.05, 3.63) is 42.1 Å². The number of hydrogen-bond donors (Lipinski definition) is 1. The summed E-state index contributed by atoms with van der Waals surface area (Å²) in [6, 6.07) is 12.8. The normalized spacial score (nSPS) is 18.6. The predicted molar refractivity (Wildman–Crippen MR) is 86.5 cm³/mol. The van der Waals surface area contributed by atoms with Crippen molar-refractivity contribution in [2.24, 2.45) is 0 Å². The number of rotatable bonds is 5. The molecule has 1 atom stereocenters. The van der Waals surface area contributed by atoms with Crippen LogP contribution in [0.4, 0.5) is 0 Å². The quantitative estimate of drug-likeness (QED) is 0.922. The minimum absolute atomic E-state index is 0. The standard InChI is InChI=1S/C16H21N3O.ClH/c1-17-11-15-8-5-9-19(15)12-14-10-16(20-18-14)13-6-3-2-4-7-13;/h2-4,6-7,10,15,17H,5,8-9,11-12H2,1H3;1H. The minimum atomic E-state index is 0. The fourth-order valence-electron chi connectivity index (χ4n) is 2.90. The summed E-state index contributed by atoms with van der Waals surface area (Å²) >= 11 is 0. The highest BCUT2D eigenvalue weighted by Gasteiger charge is 2.24. The molecule has 1 aliphatic rings. The number of halogens is 1. The Bertz CT molecular complexity index is 543. The molecule has 0 spiro atoms. The fraction of sp³-hybridized carbons (Fsp3) is 0.438. The van der Waals surface area contributed by atoms with Crippen LogP contribution in [-0.4, -0.2) is 36.2 Å². The maximum Gasteiger partial charge on any atom is 0.167 e. The van der Waals surface area contributed by atoms with Gasteiger partial charge in [0.1, 0.15) is 0 Å². The molecule has 114 valence electrons. The van der Waals surface area contributed by atoms with Crippen LogP contribution in [0.3, 0.4) is 0 Å². The second-order valence-electron chi connectivity index (χ2n) is 5.37. The monoisotopic (exact) mass is 307 g/mol. The van der Waals surface area contributed by atoms with E-state index in [0.29, 0.717) is 6.04 Å². The maximum atomic E-state index is 5.46. The maximum absolute atomic E-state index is 5.46. The molecule has 5 heteroatoms. The molecule has 2 heterocycles. The van der Waals surface area contributed by atoms with E-state index in [1.165, 1.54) is 12.8 Å². The van der Waals surface area contributed by atoms with Crippen molar-refractivity contribution in [1.29, 1.82) is 0 Å². The highest BCUT2D eigenvalue weighted by molar-refractivity contribution is 5.85. The highest BCUT2D eigenvalue weighted by Crippen LogP contribution is 2.23. The van der Waals surface area contributed by atoms with E-state index in [-0.39, 0.29) is 12.4 Å². The topological polar surface area (TPSA) is 41.3 Å². The summed E-state index contributed by atoms with van der Waals surface area (Å²) in [6.07, 6.45) is 2.54. The summed E-state index contributed by atoms with van der Waals surface area (Å²) in [5.74, 6) is 0.852. The summed E-state index contributed by atoms with van der Waals surface area (Å²) in [7, 11) is 2.01. The lowest BCUT2D eigenvalue weighted by molar-refractivity contribution is 0.235. The Hall–Kier alpha value is -1.36. The third-order valence-corrected chi connectivity index (χ3v) is 3.92. The zero-order chi connectivity index (χ0) is 13.8. The van der Waals surface area contributed by atoms with Crippen LogP contribution in [0.2, 0.25) is 0 Å². The molecule has 1 N–H and O–H groups in total. The van der Waals surface area contributed by atoms with E-state index >= 15 is 0 Å². The lowest BCUT2D eigenvalue weighted by atomic mass is 10.1. The molecule has 1 saturated heterocycles. The SMILES string of the molecule is CNCC1CCCN1Cc1cc(-c2ccccc2)on1.Cl. The second-order valence-corrected chi connectivity index (χ2v) is 5.37. The first-order valence-electron chi connectivity index (χ1n) is 7.26. The smallest absolute Gasteiger partial charge is 0.167 e. The van der Waals surface area contributed by atoms with Gasteiger partial charge in [-0.2, -0.15) is 0 Å². The molecule has 1 aliphatic heterocycles. The molecule has 0 radical (unpaired) electrons. The minimum Gasteiger partial charge on any atom is -0.356 e. The third-order valence-electron chi connectivity index (χ3n) is 3.92. The predicted octanol–water partition coefficient (Wildman–Crippen LogP) is 2.95. The van der Waals surface area contributed by atoms with Gasteiger partial charge in [0.05, 0.1) is 5.69 Å². The van der Waals surface area contributed by atoms with Gasteiger partial charge in [0, 0.05) is 30.8 Å². The van der Waals surface area contributed by atoms with E-state index in [4.69, 9.17) is 4.52 Å². The fourth-order valence-corrected chi connectivity index (χ4v) is 2.90. The first kappa shape index (κ1) is 16.0. The third kappa shape index (κ3) is 3.84. The van der Waals surface area contributed by atoms with Gasteiger partial charge < -0.3 is 9.84 Å². The van der Waals surface area contributed by atoms with Crippen molar-refractivity contribution >= 4 is 12.4 Å². The molecule has 1 aromatic carbocycles. The second kappa shape index (κ2) is 7.59. The van der Waals surface area contributed by atoms with Gasteiger partial charge in [0.15, 0.2) is 5.76 Å². The molecule has 0 saturated carbocycles. The van der Waals surface area contributed by atoms with Crippen molar-refractivity contribution in [1.82, 2.24) is 15.4 Å². The first-order chi connectivity index (χ1) is 9.86. The van der Waals surface area contributed by atoms with Crippen LogP contribution >= 0.6 is 12.4 Å². The van der Waals surface area contributed by atoms with Crippen LogP contribution in [0, 0.1) is 0 Å². The molecule has 0 bridgehead atoms. The van der Waals surface area contributed by atoms with Gasteiger partial charge in [-0.15, -0.1) is 12.4 Å². The molecule has 1 unspecified atom stereocenters. The number of likely N-dealkylation sites (tertiary alicyclic amines) is 1. The molecular weight excluding hydrogens is 286 g/mol. The van der Waals surface area contributed by atoms with Gasteiger partial charge in [-0.05, 0) is 26.4 Å². The van der Waals surface area contributed by atoms with Crippen molar-refractivity contribution in [2.75, 3.05) is 20.1 Å². The summed E-state index contributed by atoms with van der Waals surface area (Å²) in [4.78, 5) is 2.49. The van der Waals surface area contributed by atoms with Crippen molar-refractivity contribution in [2.45, 2.75) is 25.4 Å². The van der Waals surface area contributed by atoms with Gasteiger partial charge in [-0.3, -0.25) is 4.90 Å². The summed E-state index contributed by atoms with van der Waals surface area (Å²) in [6.45, 7) is 3.08. The van der Waals surface area contributed by atoms with E-state index in [9.17, 15) is 0 Å². The molecule has 0 aliphatic carbocycles. The Morgan fingerprint density at radius 2 is 2.14 bits per heavy atom. The molecular formula is C16H22ClN3O. The van der Waals surface area contributed by atoms with Crippen molar-refractivity contribution in [3.8, 4) is 11.3 Å². The van der Waals surface area contributed by atoms with Crippen LogP contribution < -0.4 is 5.32 Å². The Morgan fingerprint density at radius 3 is 2.90 bits per heavy atom. The summed E-state index contributed by atoms with van der Waals surface area (Å²) < 4.78 is 5.46. The van der Waals surface area contributed by atoms with Gasteiger partial charge in [-0.25, -0.2) is 0 Å². The molecule has 1 fully saturated rings. The molecule has 1 aromatic heterocycles. The van der Waals surface area contributed by atoms with Crippen LogP contribution in [-0.2, 0) is 6.54 Å². The number of nitrogens with zero attached hydrogens (tertiary/aromatic N) is 2. The molecule has 3 rings (SSSR count). The van der Waals surface area contributed by atoms with E-state index in [0.717, 1.165) is 36.7 Å². The average molecular weight is 308 g/mol. The van der Waals surface area contributed by atoms with Gasteiger partial charge >= 0.3 is 0 Å². The van der Waals surface area contributed by atoms with Gasteiger partial charge in [0.2, 0.25) is 0 Å². The van der Waals surface area contributed by atoms with Crippen molar-refractivity contribution in [3.63, 3.8) is 0 Å². The highest BCUT2D eigenvalue weighted by atomic mass is 35.5. The Morgan fingerprint density at radius 1 is 1.33 bits per heavy atom. The molecule has 4 nitrogen and oxygen atoms in total. The lowest BCUT2D eigenvalue weighted by Crippen LogP contribution is -2.36. The molecule has 21 heavy (non-hydrogen) atoms. The lowest BCUT2D eigenvalue weighted by Gasteiger charge is -2.22. The van der Waals surface area contributed by atoms with Crippen molar-refractivity contribution < 1.29 is 4.52 Å².